The van der Waals surface area contributed by atoms with Gasteiger partial charge in [0.25, 0.3) is 5.69 Å². The molecule has 3 rings (SSSR count). The molecule has 1 saturated carbocycles. The average Bonchev–Trinajstić information content (AvgIpc) is 2.90. The fourth-order valence-corrected chi connectivity index (χ4v) is 2.98. The molecule has 0 saturated heterocycles. The minimum absolute atomic E-state index is 0.0281. The summed E-state index contributed by atoms with van der Waals surface area (Å²) in [6.45, 7) is 1.66. The zero-order valence-corrected chi connectivity index (χ0v) is 14.5. The van der Waals surface area contributed by atoms with Crippen LogP contribution in [0.4, 0.5) is 5.69 Å². The van der Waals surface area contributed by atoms with Gasteiger partial charge >= 0.3 is 0 Å². The molecular formula is C16H13Cl2N3O4. The van der Waals surface area contributed by atoms with Crippen molar-refractivity contribution in [2.75, 3.05) is 0 Å². The van der Waals surface area contributed by atoms with Gasteiger partial charge in [-0.15, -0.1) is 23.2 Å². The Morgan fingerprint density at radius 1 is 1.40 bits per heavy atom. The largest absolute Gasteiger partial charge is 0.455 e. The highest BCUT2D eigenvalue weighted by molar-refractivity contribution is 6.53. The number of amides is 1. The molecule has 1 aliphatic rings. The standard InChI is InChI=1S/C16H13Cl2N3O4/c1-15(9-16(15,17)18)14(22)20-19-8-12-5-6-13(25-12)10-3-2-4-11(7-10)21(23)24/h2-8H,9H2,1H3,(H,20,22)/b19-8-/t15-/m0/s1. The van der Waals surface area contributed by atoms with Crippen LogP contribution in [0.2, 0.25) is 0 Å². The van der Waals surface area contributed by atoms with Crippen molar-refractivity contribution in [1.29, 1.82) is 0 Å². The summed E-state index contributed by atoms with van der Waals surface area (Å²) in [6.07, 6.45) is 1.69. The van der Waals surface area contributed by atoms with Gasteiger partial charge in [-0.2, -0.15) is 5.10 Å². The van der Waals surface area contributed by atoms with Gasteiger partial charge in [0.2, 0.25) is 5.91 Å². The molecule has 2 aromatic rings. The SMILES string of the molecule is C[C@@]1(C(=O)N/N=C\c2ccc(-c3cccc([N+](=O)[O-])c3)o2)CC1(Cl)Cl. The lowest BCUT2D eigenvalue weighted by atomic mass is 10.1. The van der Waals surface area contributed by atoms with Crippen LogP contribution in [0.1, 0.15) is 19.1 Å². The molecule has 0 unspecified atom stereocenters. The van der Waals surface area contributed by atoms with Gasteiger partial charge in [-0.3, -0.25) is 14.9 Å². The molecule has 1 aromatic heterocycles. The maximum atomic E-state index is 12.0. The molecule has 1 fully saturated rings. The Morgan fingerprint density at radius 2 is 2.12 bits per heavy atom. The molecule has 25 heavy (non-hydrogen) atoms. The number of rotatable bonds is 5. The Hall–Kier alpha value is -2.38. The van der Waals surface area contributed by atoms with Crippen molar-refractivity contribution in [3.63, 3.8) is 0 Å². The van der Waals surface area contributed by atoms with Crippen molar-refractivity contribution in [3.05, 3.63) is 52.3 Å². The molecule has 1 amide bonds. The number of hydrazone groups is 1. The van der Waals surface area contributed by atoms with Crippen molar-refractivity contribution < 1.29 is 14.1 Å². The van der Waals surface area contributed by atoms with Gasteiger partial charge < -0.3 is 4.42 Å². The number of non-ortho nitro benzene ring substituents is 1. The van der Waals surface area contributed by atoms with E-state index in [9.17, 15) is 14.9 Å². The van der Waals surface area contributed by atoms with Crippen molar-refractivity contribution in [3.8, 4) is 11.3 Å². The zero-order valence-electron chi connectivity index (χ0n) is 13.0. The Bertz CT molecular complexity index is 878. The van der Waals surface area contributed by atoms with Gasteiger partial charge in [-0.25, -0.2) is 5.43 Å². The number of halogens is 2. The second kappa shape index (κ2) is 6.16. The summed E-state index contributed by atoms with van der Waals surface area (Å²) in [7, 11) is 0. The first-order valence-electron chi connectivity index (χ1n) is 7.29. The molecule has 9 heteroatoms. The summed E-state index contributed by atoms with van der Waals surface area (Å²) in [5, 5.41) is 14.6. The number of hydrogen-bond donors (Lipinski definition) is 1. The van der Waals surface area contributed by atoms with Gasteiger partial charge in [0.15, 0.2) is 0 Å². The summed E-state index contributed by atoms with van der Waals surface area (Å²) in [5.74, 6) is 0.455. The van der Waals surface area contributed by atoms with Crippen LogP contribution >= 0.6 is 23.2 Å². The van der Waals surface area contributed by atoms with Gasteiger partial charge in [0.05, 0.1) is 16.6 Å². The monoisotopic (exact) mass is 381 g/mol. The third-order valence-electron chi connectivity index (χ3n) is 4.09. The van der Waals surface area contributed by atoms with E-state index >= 15 is 0 Å². The Balaban J connectivity index is 1.67. The maximum Gasteiger partial charge on any atom is 0.270 e. The first-order chi connectivity index (χ1) is 11.7. The molecule has 1 N–H and O–H groups in total. The van der Waals surface area contributed by atoms with Gasteiger partial charge in [0, 0.05) is 17.7 Å². The minimum atomic E-state index is -1.06. The molecule has 1 heterocycles. The van der Waals surface area contributed by atoms with Crippen LogP contribution in [0.25, 0.3) is 11.3 Å². The third kappa shape index (κ3) is 3.38. The van der Waals surface area contributed by atoms with Crippen LogP contribution in [-0.2, 0) is 4.79 Å². The normalized spacial score (nSPS) is 21.2. The molecular weight excluding hydrogens is 369 g/mol. The molecule has 1 aliphatic carbocycles. The lowest BCUT2D eigenvalue weighted by Gasteiger charge is -2.08. The first kappa shape index (κ1) is 17.4. The van der Waals surface area contributed by atoms with E-state index in [1.54, 1.807) is 31.2 Å². The van der Waals surface area contributed by atoms with E-state index in [1.165, 1.54) is 18.3 Å². The van der Waals surface area contributed by atoms with Crippen molar-refractivity contribution in [1.82, 2.24) is 5.43 Å². The molecule has 0 radical (unpaired) electrons. The van der Waals surface area contributed by atoms with Gasteiger partial charge in [-0.1, -0.05) is 12.1 Å². The predicted octanol–water partition coefficient (Wildman–Crippen LogP) is 3.89. The lowest BCUT2D eigenvalue weighted by Crippen LogP contribution is -2.29. The van der Waals surface area contributed by atoms with Crippen molar-refractivity contribution in [2.45, 2.75) is 17.7 Å². The van der Waals surface area contributed by atoms with Crippen LogP contribution in [0, 0.1) is 15.5 Å². The molecule has 1 aromatic carbocycles. The van der Waals surface area contributed by atoms with Crippen molar-refractivity contribution in [2.24, 2.45) is 10.5 Å². The fraction of sp³-hybridized carbons (Fsp3) is 0.250. The van der Waals surface area contributed by atoms with Gasteiger partial charge in [-0.05, 0) is 25.5 Å². The van der Waals surface area contributed by atoms with Crippen LogP contribution in [0.5, 0.6) is 0 Å². The van der Waals surface area contributed by atoms with E-state index in [2.05, 4.69) is 10.5 Å². The Morgan fingerprint density at radius 3 is 2.76 bits per heavy atom. The summed E-state index contributed by atoms with van der Waals surface area (Å²) >= 11 is 11.9. The summed E-state index contributed by atoms with van der Waals surface area (Å²) in [4.78, 5) is 22.3. The van der Waals surface area contributed by atoms with E-state index in [4.69, 9.17) is 27.6 Å². The summed E-state index contributed by atoms with van der Waals surface area (Å²) in [6, 6.07) is 9.38. The number of alkyl halides is 2. The van der Waals surface area contributed by atoms with Crippen LogP contribution < -0.4 is 5.43 Å². The third-order valence-corrected chi connectivity index (χ3v) is 5.19. The number of furan rings is 1. The van der Waals surface area contributed by atoms with Crippen molar-refractivity contribution >= 4 is 41.0 Å². The number of carbonyl (C=O) groups excluding carboxylic acids is 1. The van der Waals surface area contributed by atoms with E-state index in [-0.39, 0.29) is 11.6 Å². The van der Waals surface area contributed by atoms with Crippen LogP contribution in [0.15, 0.2) is 45.9 Å². The number of nitrogens with zero attached hydrogens (tertiary/aromatic N) is 2. The first-order valence-corrected chi connectivity index (χ1v) is 8.04. The van der Waals surface area contributed by atoms with Gasteiger partial charge in [0.1, 0.15) is 15.9 Å². The fourth-order valence-electron chi connectivity index (χ4n) is 2.27. The molecule has 1 atom stereocenters. The molecule has 7 nitrogen and oxygen atoms in total. The number of benzene rings is 1. The van der Waals surface area contributed by atoms with Crippen LogP contribution in [0.3, 0.4) is 0 Å². The minimum Gasteiger partial charge on any atom is -0.455 e. The zero-order chi connectivity index (χ0) is 18.2. The summed E-state index contributed by atoms with van der Waals surface area (Å²) in [5.41, 5.74) is 2.06. The number of hydrogen-bond acceptors (Lipinski definition) is 5. The van der Waals surface area contributed by atoms with E-state index in [1.807, 2.05) is 0 Å². The molecule has 0 bridgehead atoms. The van der Waals surface area contributed by atoms with Crippen LogP contribution in [-0.4, -0.2) is 21.4 Å². The number of carbonyl (C=O) groups is 1. The second-order valence-electron chi connectivity index (χ2n) is 5.92. The Labute approximate surface area is 152 Å². The highest BCUT2D eigenvalue weighted by Gasteiger charge is 2.68. The molecule has 0 aliphatic heterocycles. The highest BCUT2D eigenvalue weighted by atomic mass is 35.5. The quantitative estimate of drug-likeness (QED) is 0.367. The number of nitro benzene ring substituents is 1. The number of nitro groups is 1. The second-order valence-corrected chi connectivity index (χ2v) is 7.41. The highest BCUT2D eigenvalue weighted by Crippen LogP contribution is 2.63. The summed E-state index contributed by atoms with van der Waals surface area (Å²) < 4.78 is 4.49. The topological polar surface area (TPSA) is 97.7 Å². The van der Waals surface area contributed by atoms with E-state index in [0.29, 0.717) is 23.5 Å². The van der Waals surface area contributed by atoms with E-state index < -0.39 is 14.7 Å². The molecule has 130 valence electrons. The number of nitrogens with one attached hydrogen (secondary N) is 1. The van der Waals surface area contributed by atoms with E-state index in [0.717, 1.165) is 0 Å². The molecule has 0 spiro atoms. The predicted molar refractivity (Wildman–Crippen MR) is 93.7 cm³/mol. The Kier molecular flexibility index (Phi) is 4.30. The smallest absolute Gasteiger partial charge is 0.270 e. The maximum absolute atomic E-state index is 12.0. The lowest BCUT2D eigenvalue weighted by molar-refractivity contribution is -0.384. The average molecular weight is 382 g/mol.